The highest BCUT2D eigenvalue weighted by Crippen LogP contribution is 2.44. The van der Waals surface area contributed by atoms with Crippen LogP contribution in [0, 0.1) is 11.3 Å². The average molecular weight is 475 g/mol. The van der Waals surface area contributed by atoms with E-state index >= 15 is 0 Å². The van der Waals surface area contributed by atoms with Crippen LogP contribution in [0.1, 0.15) is 42.7 Å². The highest BCUT2D eigenvalue weighted by Gasteiger charge is 2.50. The van der Waals surface area contributed by atoms with Gasteiger partial charge >= 0.3 is 12.1 Å². The molecular weight excluding hydrogens is 444 g/mol. The highest BCUT2D eigenvalue weighted by atomic mass is 16.5. The summed E-state index contributed by atoms with van der Waals surface area (Å²) in [7, 11) is 0. The Labute approximate surface area is 204 Å². The Bertz CT molecular complexity index is 1120. The Morgan fingerprint density at radius 2 is 1.66 bits per heavy atom. The number of rotatable bonds is 8. The summed E-state index contributed by atoms with van der Waals surface area (Å²) in [4.78, 5) is 38.1. The molecule has 0 unspecified atom stereocenters. The summed E-state index contributed by atoms with van der Waals surface area (Å²) in [5.41, 5.74) is 3.85. The normalized spacial score (nSPS) is 21.7. The van der Waals surface area contributed by atoms with E-state index in [0.717, 1.165) is 12.8 Å². The number of carbonyl (C=O) groups is 3. The molecule has 35 heavy (non-hydrogen) atoms. The first kappa shape index (κ1) is 23.1. The molecule has 182 valence electrons. The maximum Gasteiger partial charge on any atom is 0.407 e. The summed E-state index contributed by atoms with van der Waals surface area (Å²) in [6.45, 7) is 4.38. The van der Waals surface area contributed by atoms with Crippen molar-refractivity contribution in [2.45, 2.75) is 37.6 Å². The number of aliphatic carboxylic acids is 1. The third-order valence-electron chi connectivity index (χ3n) is 7.69. The summed E-state index contributed by atoms with van der Waals surface area (Å²) in [6.07, 6.45) is 3.36. The van der Waals surface area contributed by atoms with E-state index in [1.807, 2.05) is 24.3 Å². The molecule has 1 heterocycles. The van der Waals surface area contributed by atoms with Crippen molar-refractivity contribution < 1.29 is 24.2 Å². The van der Waals surface area contributed by atoms with E-state index in [2.05, 4.69) is 36.2 Å². The number of allylic oxidation sites excluding steroid dienone is 1. The molecule has 2 aromatic carbocycles. The molecule has 2 aliphatic carbocycles. The number of nitrogens with one attached hydrogen (secondary N) is 1. The summed E-state index contributed by atoms with van der Waals surface area (Å²) >= 11 is 0. The predicted octanol–water partition coefficient (Wildman–Crippen LogP) is 4.18. The standard InChI is InChI=1S/C28H30N2O5/c1-2-11-28(26(32)33)16-30(17-28)25(31)14-18-12-19(13-18)29-27(34)35-15-24-22-9-5-3-7-20(22)21-8-4-6-10-23(21)24/h2-10,18-19,24H,1,11-17H2,(H,29,34)(H,32,33). The highest BCUT2D eigenvalue weighted by molar-refractivity contribution is 5.84. The van der Waals surface area contributed by atoms with Crippen LogP contribution < -0.4 is 5.32 Å². The SMILES string of the molecule is C=CCC1(C(=O)O)CN(C(=O)CC2CC(NC(=O)OCC3c4ccccc4-c4ccccc43)C2)C1. The third-order valence-corrected chi connectivity index (χ3v) is 7.69. The van der Waals surface area contributed by atoms with Crippen molar-refractivity contribution in [2.75, 3.05) is 19.7 Å². The first-order valence-corrected chi connectivity index (χ1v) is 12.1. The quantitative estimate of drug-likeness (QED) is 0.560. The largest absolute Gasteiger partial charge is 0.481 e. The molecule has 7 nitrogen and oxygen atoms in total. The van der Waals surface area contributed by atoms with Gasteiger partial charge in [0, 0.05) is 31.5 Å². The molecule has 7 heteroatoms. The summed E-state index contributed by atoms with van der Waals surface area (Å²) < 4.78 is 5.61. The molecule has 1 saturated heterocycles. The van der Waals surface area contributed by atoms with E-state index in [0.29, 0.717) is 12.8 Å². The van der Waals surface area contributed by atoms with Gasteiger partial charge in [-0.15, -0.1) is 6.58 Å². The van der Waals surface area contributed by atoms with Gasteiger partial charge in [0.1, 0.15) is 12.0 Å². The topological polar surface area (TPSA) is 95.9 Å². The van der Waals surface area contributed by atoms with Crippen LogP contribution in [0.3, 0.4) is 0 Å². The van der Waals surface area contributed by atoms with Gasteiger partial charge in [0.25, 0.3) is 0 Å². The maximum atomic E-state index is 12.5. The number of hydrogen-bond donors (Lipinski definition) is 2. The second-order valence-corrected chi connectivity index (χ2v) is 10.0. The first-order valence-electron chi connectivity index (χ1n) is 12.1. The number of hydrogen-bond acceptors (Lipinski definition) is 4. The molecule has 0 bridgehead atoms. The van der Waals surface area contributed by atoms with Crippen molar-refractivity contribution in [1.29, 1.82) is 0 Å². The monoisotopic (exact) mass is 474 g/mol. The number of fused-ring (bicyclic) bond motifs is 3. The second kappa shape index (κ2) is 9.21. The van der Waals surface area contributed by atoms with E-state index in [4.69, 9.17) is 4.74 Å². The molecule has 0 spiro atoms. The van der Waals surface area contributed by atoms with Crippen LogP contribution in [0.4, 0.5) is 4.79 Å². The molecule has 0 atom stereocenters. The molecule has 3 aliphatic rings. The summed E-state index contributed by atoms with van der Waals surface area (Å²) in [5, 5.41) is 12.4. The lowest BCUT2D eigenvalue weighted by atomic mass is 9.74. The zero-order valence-electron chi connectivity index (χ0n) is 19.6. The molecule has 2 aromatic rings. The van der Waals surface area contributed by atoms with Crippen LogP contribution >= 0.6 is 0 Å². The van der Waals surface area contributed by atoms with Gasteiger partial charge in [-0.1, -0.05) is 54.6 Å². The summed E-state index contributed by atoms with van der Waals surface area (Å²) in [6, 6.07) is 16.4. The van der Waals surface area contributed by atoms with Crippen LogP contribution in [0.2, 0.25) is 0 Å². The van der Waals surface area contributed by atoms with Gasteiger partial charge in [0.05, 0.1) is 0 Å². The number of carboxylic acid groups (broad SMARTS) is 1. The van der Waals surface area contributed by atoms with Gasteiger partial charge in [-0.05, 0) is 47.4 Å². The number of amides is 2. The Kier molecular flexibility index (Phi) is 6.09. The van der Waals surface area contributed by atoms with Gasteiger partial charge in [-0.2, -0.15) is 0 Å². The lowest BCUT2D eigenvalue weighted by Crippen LogP contribution is -2.62. The number of nitrogens with zero attached hydrogens (tertiary/aromatic N) is 1. The van der Waals surface area contributed by atoms with Crippen molar-refractivity contribution in [3.8, 4) is 11.1 Å². The Morgan fingerprint density at radius 3 is 2.23 bits per heavy atom. The zero-order chi connectivity index (χ0) is 24.6. The molecule has 2 N–H and O–H groups in total. The number of benzene rings is 2. The number of likely N-dealkylation sites (tertiary alicyclic amines) is 1. The molecule has 1 saturated carbocycles. The van der Waals surface area contributed by atoms with Crippen LogP contribution in [0.5, 0.6) is 0 Å². The smallest absolute Gasteiger partial charge is 0.407 e. The molecule has 0 radical (unpaired) electrons. The van der Waals surface area contributed by atoms with Crippen molar-refractivity contribution in [1.82, 2.24) is 10.2 Å². The van der Waals surface area contributed by atoms with Crippen LogP contribution in [-0.2, 0) is 14.3 Å². The van der Waals surface area contributed by atoms with E-state index in [1.165, 1.54) is 22.3 Å². The molecule has 0 aromatic heterocycles. The fourth-order valence-electron chi connectivity index (χ4n) is 5.69. The van der Waals surface area contributed by atoms with E-state index < -0.39 is 17.5 Å². The number of carboxylic acids is 1. The Morgan fingerprint density at radius 1 is 1.06 bits per heavy atom. The van der Waals surface area contributed by atoms with Gasteiger partial charge in [0.2, 0.25) is 5.91 Å². The van der Waals surface area contributed by atoms with Crippen molar-refractivity contribution >= 4 is 18.0 Å². The third kappa shape index (κ3) is 4.31. The fourth-order valence-corrected chi connectivity index (χ4v) is 5.69. The van der Waals surface area contributed by atoms with Crippen molar-refractivity contribution in [3.05, 3.63) is 72.3 Å². The van der Waals surface area contributed by atoms with Gasteiger partial charge in [-0.3, -0.25) is 9.59 Å². The van der Waals surface area contributed by atoms with Crippen LogP contribution in [-0.4, -0.2) is 53.7 Å². The van der Waals surface area contributed by atoms with E-state index in [-0.39, 0.29) is 43.5 Å². The number of ether oxygens (including phenoxy) is 1. The lowest BCUT2D eigenvalue weighted by molar-refractivity contribution is -0.166. The van der Waals surface area contributed by atoms with E-state index in [9.17, 15) is 19.5 Å². The van der Waals surface area contributed by atoms with Gasteiger partial charge in [-0.25, -0.2) is 4.79 Å². The molecule has 2 amide bonds. The number of alkyl carbamates (subject to hydrolysis) is 1. The summed E-state index contributed by atoms with van der Waals surface area (Å²) in [5.74, 6) is -0.677. The molecular formula is C28H30N2O5. The first-order chi connectivity index (χ1) is 16.9. The van der Waals surface area contributed by atoms with Gasteiger partial charge in [0.15, 0.2) is 0 Å². The average Bonchev–Trinajstić information content (AvgIpc) is 3.11. The minimum Gasteiger partial charge on any atom is -0.481 e. The number of carbonyl (C=O) groups excluding carboxylic acids is 2. The zero-order valence-corrected chi connectivity index (χ0v) is 19.6. The van der Waals surface area contributed by atoms with Crippen LogP contribution in [0.15, 0.2) is 61.2 Å². The fraction of sp³-hybridized carbons (Fsp3) is 0.393. The van der Waals surface area contributed by atoms with Crippen molar-refractivity contribution in [2.24, 2.45) is 11.3 Å². The maximum absolute atomic E-state index is 12.5. The van der Waals surface area contributed by atoms with Crippen molar-refractivity contribution in [3.63, 3.8) is 0 Å². The predicted molar refractivity (Wildman–Crippen MR) is 131 cm³/mol. The van der Waals surface area contributed by atoms with Gasteiger partial charge < -0.3 is 20.1 Å². The van der Waals surface area contributed by atoms with Crippen LogP contribution in [0.25, 0.3) is 11.1 Å². The molecule has 2 fully saturated rings. The minimum atomic E-state index is -0.884. The second-order valence-electron chi connectivity index (χ2n) is 10.0. The Hall–Kier alpha value is -3.61. The minimum absolute atomic E-state index is 0.00119. The molecule has 1 aliphatic heterocycles. The van der Waals surface area contributed by atoms with E-state index in [1.54, 1.807) is 11.0 Å². The Balaban J connectivity index is 1.06. The molecule has 5 rings (SSSR count). The lowest BCUT2D eigenvalue weighted by Gasteiger charge is -2.47.